The second kappa shape index (κ2) is 16.0. The molecule has 3 aromatic carbocycles. The van der Waals surface area contributed by atoms with Crippen LogP contribution in [0.5, 0.6) is 0 Å². The summed E-state index contributed by atoms with van der Waals surface area (Å²) in [5.74, 6) is 4.45. The molecule has 0 fully saturated rings. The van der Waals surface area contributed by atoms with Crippen LogP contribution in [0.15, 0.2) is 84.0 Å². The van der Waals surface area contributed by atoms with Crippen molar-refractivity contribution in [1.29, 1.82) is 5.53 Å². The van der Waals surface area contributed by atoms with Gasteiger partial charge < -0.3 is 16.0 Å². The molecule has 0 bridgehead atoms. The highest BCUT2D eigenvalue weighted by Gasteiger charge is 2.30. The number of benzene rings is 3. The largest absolute Gasteiger partial charge is 0.338 e. The maximum absolute atomic E-state index is 12.5. The van der Waals surface area contributed by atoms with Gasteiger partial charge in [0.2, 0.25) is 10.8 Å². The molecule has 6 N–H and O–H groups in total. The minimum atomic E-state index is -1.21. The molecule has 0 aliphatic heterocycles. The minimum absolute atomic E-state index is 0. The summed E-state index contributed by atoms with van der Waals surface area (Å²) in [5, 5.41) is 20.8. The van der Waals surface area contributed by atoms with Gasteiger partial charge >= 0.3 is 0 Å². The summed E-state index contributed by atoms with van der Waals surface area (Å²) in [6, 6.07) is 21.3. The summed E-state index contributed by atoms with van der Waals surface area (Å²) in [7, 11) is 0. The number of rotatable bonds is 10. The van der Waals surface area contributed by atoms with Gasteiger partial charge in [0.15, 0.2) is 6.04 Å². The van der Waals surface area contributed by atoms with Gasteiger partial charge in [-0.25, -0.2) is 5.48 Å². The van der Waals surface area contributed by atoms with E-state index >= 15 is 0 Å². The quantitative estimate of drug-likeness (QED) is 0.0759. The number of hydrogen-bond acceptors (Lipinski definition) is 7. The Hall–Kier alpha value is -5.14. The Balaban J connectivity index is 0.00000560. The zero-order valence-corrected chi connectivity index (χ0v) is 21.1. The number of hydroxylamine groups is 1. The molecule has 0 aromatic heterocycles. The molecule has 0 unspecified atom stereocenters. The summed E-state index contributed by atoms with van der Waals surface area (Å²) >= 11 is 0. The molecule has 0 aliphatic carbocycles. The van der Waals surface area contributed by atoms with E-state index in [4.69, 9.17) is 10.7 Å². The molecule has 0 heterocycles. The molecular formula is C29H32N7O4+. The highest BCUT2D eigenvalue weighted by atomic mass is 16.5. The van der Waals surface area contributed by atoms with Crippen molar-refractivity contribution in [2.24, 2.45) is 5.11 Å². The fraction of sp³-hybridized carbons (Fsp3) is 0.207. The molecular weight excluding hydrogens is 510 g/mol. The fourth-order valence-electron chi connectivity index (χ4n) is 3.46. The smallest absolute Gasteiger partial charge is 0.268 e. The van der Waals surface area contributed by atoms with Crippen molar-refractivity contribution in [2.45, 2.75) is 33.0 Å². The van der Waals surface area contributed by atoms with Crippen LogP contribution in [0.1, 0.15) is 41.4 Å². The number of amides is 3. The van der Waals surface area contributed by atoms with Gasteiger partial charge in [-0.3, -0.25) is 19.6 Å². The first kappa shape index (κ1) is 31.1. The zero-order chi connectivity index (χ0) is 28.0. The Morgan fingerprint density at radius 2 is 1.55 bits per heavy atom. The van der Waals surface area contributed by atoms with Crippen LogP contribution in [-0.4, -0.2) is 41.6 Å². The van der Waals surface area contributed by atoms with Crippen LogP contribution in [-0.2, 0) is 16.1 Å². The third-order valence-corrected chi connectivity index (χ3v) is 5.53. The predicted molar refractivity (Wildman–Crippen MR) is 150 cm³/mol. The normalized spacial score (nSPS) is 11.2. The average Bonchev–Trinajstić information content (AvgIpc) is 2.96. The summed E-state index contributed by atoms with van der Waals surface area (Å²) in [6.45, 7) is 2.27. The van der Waals surface area contributed by atoms with Gasteiger partial charge in [-0.2, -0.15) is 0 Å². The Morgan fingerprint density at radius 1 is 0.950 bits per heavy atom. The maximum Gasteiger partial charge on any atom is 0.268 e. The Bertz CT molecular complexity index is 1390. The van der Waals surface area contributed by atoms with Crippen LogP contribution < -0.4 is 26.3 Å². The second-order valence-electron chi connectivity index (χ2n) is 8.43. The molecule has 0 saturated carbocycles. The van der Waals surface area contributed by atoms with E-state index in [1.165, 1.54) is 12.4 Å². The lowest BCUT2D eigenvalue weighted by Crippen LogP contribution is -2.51. The molecule has 206 valence electrons. The molecule has 0 spiro atoms. The van der Waals surface area contributed by atoms with Crippen LogP contribution in [0.4, 0.5) is 5.69 Å². The number of carbonyl (C=O) groups excluding carboxylic acids is 3. The van der Waals surface area contributed by atoms with E-state index in [0.29, 0.717) is 17.8 Å². The van der Waals surface area contributed by atoms with Gasteiger partial charge in [0.25, 0.3) is 11.8 Å². The molecule has 3 rings (SSSR count). The van der Waals surface area contributed by atoms with Crippen molar-refractivity contribution in [2.75, 3.05) is 11.9 Å². The number of nitrogens with zero attached hydrogens (tertiary/aromatic N) is 2. The number of anilines is 1. The molecule has 2 atom stereocenters. The summed E-state index contributed by atoms with van der Waals surface area (Å²) in [6.07, 6.45) is 0. The highest BCUT2D eigenvalue weighted by molar-refractivity contribution is 5.97. The molecule has 3 aromatic rings. The van der Waals surface area contributed by atoms with Gasteiger partial charge in [-0.05, 0) is 61.0 Å². The zero-order valence-electron chi connectivity index (χ0n) is 21.1. The molecule has 11 nitrogen and oxygen atoms in total. The lowest BCUT2D eigenvalue weighted by atomic mass is 10.1. The van der Waals surface area contributed by atoms with Crippen LogP contribution in [0.2, 0.25) is 0 Å². The summed E-state index contributed by atoms with van der Waals surface area (Å²) in [4.78, 5) is 39.4. The summed E-state index contributed by atoms with van der Waals surface area (Å²) < 4.78 is 0. The van der Waals surface area contributed by atoms with Crippen molar-refractivity contribution in [3.63, 3.8) is 0 Å². The molecule has 0 saturated heterocycles. The standard InChI is InChI=1S/C28H27N7O4.CH4/c1-19(33-35-29)26(28(38)34-39)32-27(37)23-13-9-20(10-14-23)7-8-21-11-15-24(16-12-21)31-25(36)18-30-17-22-5-3-2-4-6-22;/h2-6,9-16,19,26,29-30H,17-18H2,1H3,(H3-,31,32,34,36,37,38,39);1H4/p+1/t19-,26+;/m1./s1. The number of hydrogen-bond donors (Lipinski definition) is 6. The Kier molecular flexibility index (Phi) is 12.4. The van der Waals surface area contributed by atoms with Gasteiger partial charge in [0.1, 0.15) is 16.7 Å². The molecule has 40 heavy (non-hydrogen) atoms. The third kappa shape index (κ3) is 9.63. The topological polar surface area (TPSA) is 170 Å². The van der Waals surface area contributed by atoms with Crippen molar-refractivity contribution < 1.29 is 19.6 Å². The lowest BCUT2D eigenvalue weighted by molar-refractivity contribution is -0.131. The molecule has 0 radical (unpaired) electrons. The third-order valence-electron chi connectivity index (χ3n) is 5.53. The van der Waals surface area contributed by atoms with Gasteiger partial charge in [-0.15, -0.1) is 0 Å². The number of carbonyl (C=O) groups is 3. The van der Waals surface area contributed by atoms with Crippen molar-refractivity contribution in [1.82, 2.24) is 21.0 Å². The van der Waals surface area contributed by atoms with E-state index in [9.17, 15) is 14.4 Å². The van der Waals surface area contributed by atoms with Crippen molar-refractivity contribution in [3.05, 3.63) is 101 Å². The average molecular weight is 543 g/mol. The van der Waals surface area contributed by atoms with Crippen LogP contribution >= 0.6 is 0 Å². The van der Waals surface area contributed by atoms with E-state index in [2.05, 4.69) is 37.8 Å². The first-order chi connectivity index (χ1) is 18.9. The van der Waals surface area contributed by atoms with E-state index < -0.39 is 23.9 Å². The first-order valence-corrected chi connectivity index (χ1v) is 12.0. The van der Waals surface area contributed by atoms with E-state index in [1.807, 2.05) is 30.3 Å². The Morgan fingerprint density at radius 3 is 2.12 bits per heavy atom. The van der Waals surface area contributed by atoms with Gasteiger partial charge in [-0.1, -0.05) is 49.6 Å². The SMILES string of the molecule is C.C[C@@H](N=[N+]=N)[C@H](NC(=O)c1ccc(C#Cc2ccc(NC(=O)CNCc3ccccc3)cc2)cc1)C(=O)NO. The fourth-order valence-corrected chi connectivity index (χ4v) is 3.46. The minimum Gasteiger partial charge on any atom is -0.338 e. The molecule has 0 aliphatic rings. The van der Waals surface area contributed by atoms with Gasteiger partial charge in [0, 0.05) is 28.9 Å². The highest BCUT2D eigenvalue weighted by Crippen LogP contribution is 2.10. The predicted octanol–water partition coefficient (Wildman–Crippen LogP) is 2.99. The molecule has 11 heteroatoms. The van der Waals surface area contributed by atoms with Crippen molar-refractivity contribution >= 4 is 23.4 Å². The number of nitrogens with one attached hydrogen (secondary N) is 5. The van der Waals surface area contributed by atoms with E-state index in [-0.39, 0.29) is 25.4 Å². The van der Waals surface area contributed by atoms with Crippen LogP contribution in [0.25, 0.3) is 0 Å². The maximum atomic E-state index is 12.5. The lowest BCUT2D eigenvalue weighted by Gasteiger charge is -2.16. The van der Waals surface area contributed by atoms with Crippen molar-refractivity contribution in [3.8, 4) is 11.8 Å². The van der Waals surface area contributed by atoms with E-state index in [0.717, 1.165) is 11.1 Å². The summed E-state index contributed by atoms with van der Waals surface area (Å²) in [5.41, 5.74) is 11.7. The Labute approximate surface area is 232 Å². The molecule has 3 amide bonds. The first-order valence-electron chi connectivity index (χ1n) is 12.0. The van der Waals surface area contributed by atoms with E-state index in [1.54, 1.807) is 48.5 Å². The second-order valence-corrected chi connectivity index (χ2v) is 8.43. The van der Waals surface area contributed by atoms with Gasteiger partial charge in [0.05, 0.1) is 6.54 Å². The monoisotopic (exact) mass is 542 g/mol. The van der Waals surface area contributed by atoms with Crippen LogP contribution in [0, 0.1) is 17.4 Å². The van der Waals surface area contributed by atoms with Crippen LogP contribution in [0.3, 0.4) is 0 Å².